The van der Waals surface area contributed by atoms with Crippen LogP contribution in [0.15, 0.2) is 18.3 Å². The van der Waals surface area contributed by atoms with Gasteiger partial charge in [-0.1, -0.05) is 0 Å². The molecule has 0 saturated carbocycles. The normalized spacial score (nSPS) is 11.1. The van der Waals surface area contributed by atoms with Gasteiger partial charge >= 0.3 is 12.1 Å². The number of nitrogens with one attached hydrogen (secondary N) is 1. The zero-order valence-electron chi connectivity index (χ0n) is 9.04. The summed E-state index contributed by atoms with van der Waals surface area (Å²) in [6.07, 6.45) is -3.40. The number of anilines is 1. The van der Waals surface area contributed by atoms with Crippen molar-refractivity contribution in [2.24, 2.45) is 0 Å². The number of esters is 1. The fraction of sp³-hybridized carbons (Fsp3) is 0.400. The van der Waals surface area contributed by atoms with Crippen LogP contribution in [0.3, 0.4) is 0 Å². The molecule has 4 nitrogen and oxygen atoms in total. The Balaban J connectivity index is 2.64. The van der Waals surface area contributed by atoms with E-state index in [2.05, 4.69) is 15.0 Å². The summed E-state index contributed by atoms with van der Waals surface area (Å²) in [6.45, 7) is 1.64. The van der Waals surface area contributed by atoms with E-state index in [4.69, 9.17) is 0 Å². The summed E-state index contributed by atoms with van der Waals surface area (Å²) in [5, 5.41) is 2.46. The van der Waals surface area contributed by atoms with Gasteiger partial charge in [0.15, 0.2) is 0 Å². The van der Waals surface area contributed by atoms with Gasteiger partial charge in [-0.25, -0.2) is 4.98 Å². The van der Waals surface area contributed by atoms with E-state index in [1.165, 1.54) is 0 Å². The number of rotatable bonds is 4. The first-order chi connectivity index (χ1) is 7.93. The Morgan fingerprint density at radius 1 is 1.53 bits per heavy atom. The van der Waals surface area contributed by atoms with Gasteiger partial charge < -0.3 is 10.1 Å². The SMILES string of the molecule is CCOC(=O)CNc1cc(C(F)(F)F)ccn1. The van der Waals surface area contributed by atoms with Gasteiger partial charge in [-0.15, -0.1) is 0 Å². The Hall–Kier alpha value is -1.79. The van der Waals surface area contributed by atoms with Crippen LogP contribution in [0.1, 0.15) is 12.5 Å². The van der Waals surface area contributed by atoms with Crippen LogP contribution in [0, 0.1) is 0 Å². The molecule has 0 fully saturated rings. The van der Waals surface area contributed by atoms with E-state index in [1.807, 2.05) is 0 Å². The molecule has 0 aliphatic rings. The number of halogens is 3. The number of carbonyl (C=O) groups is 1. The average Bonchev–Trinajstić information content (AvgIpc) is 2.26. The molecule has 0 spiro atoms. The van der Waals surface area contributed by atoms with Crippen molar-refractivity contribution in [1.82, 2.24) is 4.98 Å². The van der Waals surface area contributed by atoms with Gasteiger partial charge in [-0.3, -0.25) is 4.79 Å². The van der Waals surface area contributed by atoms with E-state index in [-0.39, 0.29) is 19.0 Å². The van der Waals surface area contributed by atoms with Gasteiger partial charge in [0.2, 0.25) is 0 Å². The fourth-order valence-corrected chi connectivity index (χ4v) is 1.08. The summed E-state index contributed by atoms with van der Waals surface area (Å²) in [4.78, 5) is 14.6. The maximum Gasteiger partial charge on any atom is 0.416 e. The fourth-order valence-electron chi connectivity index (χ4n) is 1.08. The van der Waals surface area contributed by atoms with E-state index in [0.29, 0.717) is 0 Å². The van der Waals surface area contributed by atoms with Crippen molar-refractivity contribution in [2.75, 3.05) is 18.5 Å². The molecule has 0 radical (unpaired) electrons. The minimum Gasteiger partial charge on any atom is -0.465 e. The lowest BCUT2D eigenvalue weighted by atomic mass is 10.2. The summed E-state index contributed by atoms with van der Waals surface area (Å²) < 4.78 is 41.6. The molecule has 1 rings (SSSR count). The highest BCUT2D eigenvalue weighted by Gasteiger charge is 2.30. The molecule has 0 aromatic carbocycles. The summed E-state index contributed by atoms with van der Waals surface area (Å²) in [6, 6.07) is 1.69. The van der Waals surface area contributed by atoms with Gasteiger partial charge in [-0.2, -0.15) is 13.2 Å². The Morgan fingerprint density at radius 2 is 2.24 bits per heavy atom. The molecule has 0 bridgehead atoms. The molecule has 0 aliphatic heterocycles. The number of carbonyl (C=O) groups excluding carboxylic acids is 1. The molecule has 94 valence electrons. The number of alkyl halides is 3. The molecule has 1 heterocycles. The quantitative estimate of drug-likeness (QED) is 0.829. The zero-order chi connectivity index (χ0) is 12.9. The van der Waals surface area contributed by atoms with Gasteiger partial charge in [0, 0.05) is 6.20 Å². The largest absolute Gasteiger partial charge is 0.465 e. The van der Waals surface area contributed by atoms with Crippen molar-refractivity contribution in [1.29, 1.82) is 0 Å². The highest BCUT2D eigenvalue weighted by molar-refractivity contribution is 5.74. The second-order valence-electron chi connectivity index (χ2n) is 3.09. The highest BCUT2D eigenvalue weighted by Crippen LogP contribution is 2.29. The Bertz CT molecular complexity index is 393. The second kappa shape index (κ2) is 5.51. The summed E-state index contributed by atoms with van der Waals surface area (Å²) in [5.41, 5.74) is -0.821. The summed E-state index contributed by atoms with van der Waals surface area (Å²) in [7, 11) is 0. The Kier molecular flexibility index (Phi) is 4.30. The number of aromatic nitrogens is 1. The maximum absolute atomic E-state index is 12.3. The van der Waals surface area contributed by atoms with Crippen LogP contribution in [0.5, 0.6) is 0 Å². The van der Waals surface area contributed by atoms with E-state index in [9.17, 15) is 18.0 Å². The van der Waals surface area contributed by atoms with E-state index >= 15 is 0 Å². The van der Waals surface area contributed by atoms with Crippen molar-refractivity contribution in [3.8, 4) is 0 Å². The predicted octanol–water partition coefficient (Wildman–Crippen LogP) is 2.08. The van der Waals surface area contributed by atoms with Crippen LogP contribution >= 0.6 is 0 Å². The number of hydrogen-bond donors (Lipinski definition) is 1. The minimum atomic E-state index is -4.43. The molecule has 0 amide bonds. The van der Waals surface area contributed by atoms with Crippen LogP contribution in [0.2, 0.25) is 0 Å². The Labute approximate surface area is 95.8 Å². The van der Waals surface area contributed by atoms with Crippen molar-refractivity contribution in [3.05, 3.63) is 23.9 Å². The standard InChI is InChI=1S/C10H11F3N2O2/c1-2-17-9(16)6-15-8-5-7(3-4-14-8)10(11,12)13/h3-5H,2,6H2,1H3,(H,14,15). The molecule has 0 unspecified atom stereocenters. The first-order valence-corrected chi connectivity index (χ1v) is 4.86. The molecule has 0 atom stereocenters. The first-order valence-electron chi connectivity index (χ1n) is 4.86. The minimum absolute atomic E-state index is 0.0205. The molecule has 1 aromatic heterocycles. The topological polar surface area (TPSA) is 51.2 Å². The zero-order valence-corrected chi connectivity index (χ0v) is 9.04. The van der Waals surface area contributed by atoms with Crippen LogP contribution in [0.4, 0.5) is 19.0 Å². The van der Waals surface area contributed by atoms with Gasteiger partial charge in [-0.05, 0) is 19.1 Å². The van der Waals surface area contributed by atoms with Crippen molar-refractivity contribution < 1.29 is 22.7 Å². The lowest BCUT2D eigenvalue weighted by Gasteiger charge is -2.09. The van der Waals surface area contributed by atoms with Crippen LogP contribution in [0.25, 0.3) is 0 Å². The van der Waals surface area contributed by atoms with Crippen LogP contribution < -0.4 is 5.32 Å². The predicted molar refractivity (Wildman–Crippen MR) is 54.4 cm³/mol. The first kappa shape index (κ1) is 13.3. The summed E-state index contributed by atoms with van der Waals surface area (Å²) in [5.74, 6) is -0.570. The molecule has 0 aliphatic carbocycles. The molecular weight excluding hydrogens is 237 g/mol. The van der Waals surface area contributed by atoms with Crippen LogP contribution in [-0.4, -0.2) is 24.1 Å². The second-order valence-corrected chi connectivity index (χ2v) is 3.09. The number of nitrogens with zero attached hydrogens (tertiary/aromatic N) is 1. The average molecular weight is 248 g/mol. The van der Waals surface area contributed by atoms with Crippen LogP contribution in [-0.2, 0) is 15.7 Å². The number of ether oxygens (including phenoxy) is 1. The molecule has 1 N–H and O–H groups in total. The van der Waals surface area contributed by atoms with E-state index < -0.39 is 17.7 Å². The maximum atomic E-state index is 12.3. The van der Waals surface area contributed by atoms with Crippen molar-refractivity contribution in [3.63, 3.8) is 0 Å². The number of pyridine rings is 1. The molecular formula is C10H11F3N2O2. The summed E-state index contributed by atoms with van der Waals surface area (Å²) >= 11 is 0. The Morgan fingerprint density at radius 3 is 2.82 bits per heavy atom. The van der Waals surface area contributed by atoms with Gasteiger partial charge in [0.25, 0.3) is 0 Å². The van der Waals surface area contributed by atoms with Crippen molar-refractivity contribution >= 4 is 11.8 Å². The lowest BCUT2D eigenvalue weighted by Crippen LogP contribution is -2.17. The molecule has 1 aromatic rings. The molecule has 7 heteroatoms. The third-order valence-electron chi connectivity index (χ3n) is 1.81. The monoisotopic (exact) mass is 248 g/mol. The van der Waals surface area contributed by atoms with E-state index in [0.717, 1.165) is 18.3 Å². The lowest BCUT2D eigenvalue weighted by molar-refractivity contribution is -0.141. The highest BCUT2D eigenvalue weighted by atomic mass is 19.4. The molecule has 0 saturated heterocycles. The van der Waals surface area contributed by atoms with Gasteiger partial charge in [0.1, 0.15) is 12.4 Å². The van der Waals surface area contributed by atoms with E-state index in [1.54, 1.807) is 6.92 Å². The van der Waals surface area contributed by atoms with Gasteiger partial charge in [0.05, 0.1) is 12.2 Å². The number of hydrogen-bond acceptors (Lipinski definition) is 4. The third kappa shape index (κ3) is 4.29. The van der Waals surface area contributed by atoms with Crippen molar-refractivity contribution in [2.45, 2.75) is 13.1 Å². The third-order valence-corrected chi connectivity index (χ3v) is 1.81. The smallest absolute Gasteiger partial charge is 0.416 e. The molecule has 17 heavy (non-hydrogen) atoms.